The van der Waals surface area contributed by atoms with Crippen LogP contribution >= 0.6 is 0 Å². The minimum Gasteiger partial charge on any atom is -0.481 e. The fraction of sp³-hybridized carbons (Fsp3) is 0.429. The number of hydrogen-bond acceptors (Lipinski definition) is 5. The molecule has 144 valence electrons. The molecule has 1 aromatic heterocycles. The number of nitrogens with zero attached hydrogens (tertiary/aromatic N) is 2. The van der Waals surface area contributed by atoms with Gasteiger partial charge < -0.3 is 19.7 Å². The Bertz CT molecular complexity index is 792. The molecule has 0 saturated carbocycles. The first-order valence-corrected chi connectivity index (χ1v) is 9.24. The van der Waals surface area contributed by atoms with Gasteiger partial charge in [0.25, 0.3) is 5.91 Å². The second-order valence-corrected chi connectivity index (χ2v) is 6.91. The summed E-state index contributed by atoms with van der Waals surface area (Å²) in [4.78, 5) is 19.1. The number of benzene rings is 1. The molecule has 1 aliphatic rings. The van der Waals surface area contributed by atoms with Crippen LogP contribution in [0.15, 0.2) is 36.5 Å². The van der Waals surface area contributed by atoms with Crippen LogP contribution in [0.25, 0.3) is 11.1 Å². The molecule has 1 aliphatic heterocycles. The van der Waals surface area contributed by atoms with Gasteiger partial charge in [0.05, 0.1) is 19.3 Å². The smallest absolute Gasteiger partial charge is 0.251 e. The monoisotopic (exact) mass is 369 g/mol. The summed E-state index contributed by atoms with van der Waals surface area (Å²) in [6.45, 7) is 6.28. The number of carbonyl (C=O) groups is 1. The van der Waals surface area contributed by atoms with Crippen LogP contribution in [0.3, 0.4) is 0 Å². The summed E-state index contributed by atoms with van der Waals surface area (Å²) in [7, 11) is 3.64. The molecule has 0 bridgehead atoms. The van der Waals surface area contributed by atoms with Gasteiger partial charge in [0, 0.05) is 43.1 Å². The summed E-state index contributed by atoms with van der Waals surface area (Å²) in [6.07, 6.45) is 1.83. The molecule has 6 heteroatoms. The van der Waals surface area contributed by atoms with E-state index in [1.165, 1.54) is 0 Å². The topological polar surface area (TPSA) is 63.7 Å². The molecule has 2 aromatic rings. The normalized spacial score (nSPS) is 19.9. The molecule has 0 unspecified atom stereocenters. The Morgan fingerprint density at radius 3 is 2.67 bits per heavy atom. The summed E-state index contributed by atoms with van der Waals surface area (Å²) < 4.78 is 10.9. The maximum atomic E-state index is 12.6. The molecule has 0 spiro atoms. The van der Waals surface area contributed by atoms with Crippen molar-refractivity contribution >= 4 is 5.91 Å². The quantitative estimate of drug-likeness (QED) is 0.848. The van der Waals surface area contributed by atoms with E-state index in [-0.39, 0.29) is 18.1 Å². The molecule has 2 atom stereocenters. The summed E-state index contributed by atoms with van der Waals surface area (Å²) >= 11 is 0. The van der Waals surface area contributed by atoms with E-state index in [0.717, 1.165) is 29.8 Å². The van der Waals surface area contributed by atoms with Gasteiger partial charge in [-0.05, 0) is 44.2 Å². The van der Waals surface area contributed by atoms with Crippen molar-refractivity contribution in [3.05, 3.63) is 47.7 Å². The molecule has 6 nitrogen and oxygen atoms in total. The summed E-state index contributed by atoms with van der Waals surface area (Å²) in [5, 5.41) is 3.11. The lowest BCUT2D eigenvalue weighted by Gasteiger charge is -2.19. The van der Waals surface area contributed by atoms with Crippen molar-refractivity contribution in [3.63, 3.8) is 0 Å². The lowest BCUT2D eigenvalue weighted by Crippen LogP contribution is -2.43. The predicted octanol–water partition coefficient (Wildman–Crippen LogP) is 2.51. The molecule has 1 amide bonds. The van der Waals surface area contributed by atoms with E-state index in [2.05, 4.69) is 15.2 Å². The second kappa shape index (κ2) is 8.50. The van der Waals surface area contributed by atoms with E-state index in [0.29, 0.717) is 18.1 Å². The van der Waals surface area contributed by atoms with Crippen LogP contribution in [0.2, 0.25) is 0 Å². The molecule has 1 saturated heterocycles. The van der Waals surface area contributed by atoms with Gasteiger partial charge >= 0.3 is 0 Å². The largest absolute Gasteiger partial charge is 0.481 e. The van der Waals surface area contributed by atoms with Crippen molar-refractivity contribution in [2.24, 2.45) is 0 Å². The van der Waals surface area contributed by atoms with Crippen molar-refractivity contribution in [2.45, 2.75) is 26.0 Å². The minimum absolute atomic E-state index is 0.00941. The van der Waals surface area contributed by atoms with Crippen molar-refractivity contribution in [3.8, 4) is 17.0 Å². The number of likely N-dealkylation sites (N-methyl/N-ethyl adjacent to an activating group) is 1. The minimum atomic E-state index is -0.0730. The Labute approximate surface area is 160 Å². The predicted molar refractivity (Wildman–Crippen MR) is 105 cm³/mol. The van der Waals surface area contributed by atoms with Crippen molar-refractivity contribution in [2.75, 3.05) is 33.9 Å². The Balaban J connectivity index is 1.70. The third kappa shape index (κ3) is 4.46. The highest BCUT2D eigenvalue weighted by atomic mass is 16.5. The van der Waals surface area contributed by atoms with Crippen molar-refractivity contribution < 1.29 is 14.3 Å². The van der Waals surface area contributed by atoms with Crippen LogP contribution in [-0.4, -0.2) is 61.8 Å². The van der Waals surface area contributed by atoms with Crippen LogP contribution in [0.5, 0.6) is 5.88 Å². The van der Waals surface area contributed by atoms with Gasteiger partial charge in [-0.2, -0.15) is 0 Å². The van der Waals surface area contributed by atoms with E-state index in [1.807, 2.05) is 51.2 Å². The zero-order valence-corrected chi connectivity index (χ0v) is 16.4. The number of methoxy groups -OCH3 is 1. The number of ether oxygens (including phenoxy) is 2. The SMILES string of the molecule is CCO[C@H]1CN(C)C[C@@H]1NC(=O)c1ccc(-c2cnc(OC)cc2C)cc1. The van der Waals surface area contributed by atoms with Crippen LogP contribution in [0.1, 0.15) is 22.8 Å². The highest BCUT2D eigenvalue weighted by Gasteiger charge is 2.32. The second-order valence-electron chi connectivity index (χ2n) is 6.91. The zero-order valence-electron chi connectivity index (χ0n) is 16.4. The molecular formula is C21H27N3O3. The molecule has 1 fully saturated rings. The summed E-state index contributed by atoms with van der Waals surface area (Å²) in [6, 6.07) is 9.51. The van der Waals surface area contributed by atoms with Gasteiger partial charge in [-0.1, -0.05) is 12.1 Å². The number of aromatic nitrogens is 1. The molecular weight excluding hydrogens is 342 g/mol. The molecule has 27 heavy (non-hydrogen) atoms. The maximum absolute atomic E-state index is 12.6. The van der Waals surface area contributed by atoms with Gasteiger partial charge in [0.2, 0.25) is 5.88 Å². The number of hydrogen-bond donors (Lipinski definition) is 1. The Hall–Kier alpha value is -2.44. The average Bonchev–Trinajstić information content (AvgIpc) is 3.01. The maximum Gasteiger partial charge on any atom is 0.251 e. The standard InChI is InChI=1S/C21H27N3O3/c1-5-27-19-13-24(3)12-18(19)23-21(25)16-8-6-15(7-9-16)17-11-22-20(26-4)10-14(17)2/h6-11,18-19H,5,12-13H2,1-4H3,(H,23,25)/t18-,19-/m0/s1. The highest BCUT2D eigenvalue weighted by molar-refractivity contribution is 5.95. The first-order chi connectivity index (χ1) is 13.0. The lowest BCUT2D eigenvalue weighted by atomic mass is 10.0. The van der Waals surface area contributed by atoms with Crippen LogP contribution in [0.4, 0.5) is 0 Å². The van der Waals surface area contributed by atoms with E-state index >= 15 is 0 Å². The molecule has 0 radical (unpaired) electrons. The van der Waals surface area contributed by atoms with Gasteiger partial charge in [-0.15, -0.1) is 0 Å². The Morgan fingerprint density at radius 1 is 1.30 bits per heavy atom. The third-order valence-electron chi connectivity index (χ3n) is 4.90. The van der Waals surface area contributed by atoms with E-state index < -0.39 is 0 Å². The van der Waals surface area contributed by atoms with Crippen molar-refractivity contribution in [1.29, 1.82) is 0 Å². The molecule has 3 rings (SSSR count). The van der Waals surface area contributed by atoms with Crippen molar-refractivity contribution in [1.82, 2.24) is 15.2 Å². The van der Waals surface area contributed by atoms with E-state index in [9.17, 15) is 4.79 Å². The fourth-order valence-corrected chi connectivity index (χ4v) is 3.48. The van der Waals surface area contributed by atoms with Gasteiger partial charge in [0.15, 0.2) is 0 Å². The molecule has 1 N–H and O–H groups in total. The number of carbonyl (C=O) groups excluding carboxylic acids is 1. The number of aryl methyl sites for hydroxylation is 1. The number of likely N-dealkylation sites (tertiary alicyclic amines) is 1. The molecule has 1 aromatic carbocycles. The third-order valence-corrected chi connectivity index (χ3v) is 4.90. The number of pyridine rings is 1. The fourth-order valence-electron chi connectivity index (χ4n) is 3.48. The summed E-state index contributed by atoms with van der Waals surface area (Å²) in [5.74, 6) is 0.522. The van der Waals surface area contributed by atoms with Crippen LogP contribution < -0.4 is 10.1 Å². The zero-order chi connectivity index (χ0) is 19.4. The number of rotatable bonds is 6. The lowest BCUT2D eigenvalue weighted by molar-refractivity contribution is 0.0513. The van der Waals surface area contributed by atoms with Gasteiger partial charge in [-0.25, -0.2) is 4.98 Å². The Morgan fingerprint density at radius 2 is 2.04 bits per heavy atom. The molecule has 0 aliphatic carbocycles. The van der Waals surface area contributed by atoms with Crippen LogP contribution in [0, 0.1) is 6.92 Å². The van der Waals surface area contributed by atoms with Gasteiger partial charge in [0.1, 0.15) is 0 Å². The van der Waals surface area contributed by atoms with Crippen LogP contribution in [-0.2, 0) is 4.74 Å². The van der Waals surface area contributed by atoms with E-state index in [1.54, 1.807) is 13.3 Å². The Kier molecular flexibility index (Phi) is 6.08. The molecule has 2 heterocycles. The summed E-state index contributed by atoms with van der Waals surface area (Å²) in [5.41, 5.74) is 3.76. The highest BCUT2D eigenvalue weighted by Crippen LogP contribution is 2.25. The average molecular weight is 369 g/mol. The first-order valence-electron chi connectivity index (χ1n) is 9.24. The van der Waals surface area contributed by atoms with E-state index in [4.69, 9.17) is 9.47 Å². The van der Waals surface area contributed by atoms with Gasteiger partial charge in [-0.3, -0.25) is 4.79 Å². The number of amides is 1. The first kappa shape index (κ1) is 19.3. The number of nitrogens with one attached hydrogen (secondary N) is 1.